The molecule has 16 heavy (non-hydrogen) atoms. The third kappa shape index (κ3) is 4.58. The molecule has 0 bridgehead atoms. The van der Waals surface area contributed by atoms with Crippen LogP contribution < -0.4 is 0 Å². The lowest BCUT2D eigenvalue weighted by molar-refractivity contribution is -0.113. The van der Waals surface area contributed by atoms with E-state index in [4.69, 9.17) is 17.0 Å². The van der Waals surface area contributed by atoms with E-state index in [1.165, 1.54) is 12.8 Å². The van der Waals surface area contributed by atoms with E-state index in [1.807, 2.05) is 4.90 Å². The van der Waals surface area contributed by atoms with Crippen molar-refractivity contribution in [2.24, 2.45) is 0 Å². The van der Waals surface area contributed by atoms with Gasteiger partial charge < -0.3 is 9.64 Å². The highest BCUT2D eigenvalue weighted by Crippen LogP contribution is 2.07. The fourth-order valence-electron chi connectivity index (χ4n) is 1.76. The summed E-state index contributed by atoms with van der Waals surface area (Å²) in [5, 5.41) is 0. The number of hydrogen-bond donors (Lipinski definition) is 0. The molecule has 0 aromatic rings. The van der Waals surface area contributed by atoms with E-state index in [1.54, 1.807) is 0 Å². The van der Waals surface area contributed by atoms with E-state index >= 15 is 0 Å². The van der Waals surface area contributed by atoms with E-state index in [0.29, 0.717) is 24.6 Å². The molecule has 0 unspecified atom stereocenters. The van der Waals surface area contributed by atoms with Gasteiger partial charge in [0.15, 0.2) is 5.78 Å². The summed E-state index contributed by atoms with van der Waals surface area (Å²) in [7, 11) is 0. The van der Waals surface area contributed by atoms with Gasteiger partial charge in [0, 0.05) is 19.5 Å². The zero-order valence-electron chi connectivity index (χ0n) is 10.0. The smallest absolute Gasteiger partial charge is 0.190 e. The number of hydrogen-bond acceptors (Lipinski definition) is 3. The highest BCUT2D eigenvalue weighted by atomic mass is 32.1. The van der Waals surface area contributed by atoms with Gasteiger partial charge in [-0.3, -0.25) is 4.79 Å². The molecule has 0 atom stereocenters. The van der Waals surface area contributed by atoms with Crippen molar-refractivity contribution in [3.8, 4) is 0 Å². The van der Waals surface area contributed by atoms with Gasteiger partial charge in [-0.1, -0.05) is 38.4 Å². The number of carbonyl (C=O) groups is 1. The second-order valence-corrected chi connectivity index (χ2v) is 4.53. The molecule has 1 fully saturated rings. The minimum absolute atomic E-state index is 0.132. The van der Waals surface area contributed by atoms with Crippen LogP contribution in [0.1, 0.15) is 39.0 Å². The average Bonchev–Trinajstić information content (AvgIpc) is 2.34. The molecular formula is C12H21NO2S. The van der Waals surface area contributed by atoms with Crippen LogP contribution in [0.15, 0.2) is 0 Å². The Kier molecular flexibility index (Phi) is 6.57. The second-order valence-electron chi connectivity index (χ2n) is 4.14. The zero-order valence-corrected chi connectivity index (χ0v) is 10.9. The van der Waals surface area contributed by atoms with Crippen molar-refractivity contribution in [1.82, 2.24) is 4.90 Å². The molecule has 0 aromatic heterocycles. The first-order valence-corrected chi connectivity index (χ1v) is 6.56. The molecule has 1 aliphatic rings. The van der Waals surface area contributed by atoms with Crippen LogP contribution >= 0.6 is 12.2 Å². The lowest BCUT2D eigenvalue weighted by Crippen LogP contribution is -2.43. The molecule has 0 radical (unpaired) electrons. The van der Waals surface area contributed by atoms with Crippen molar-refractivity contribution < 1.29 is 9.53 Å². The van der Waals surface area contributed by atoms with Crippen LogP contribution in [0.2, 0.25) is 0 Å². The maximum Gasteiger partial charge on any atom is 0.190 e. The number of morpholine rings is 1. The number of rotatable bonds is 6. The summed E-state index contributed by atoms with van der Waals surface area (Å²) in [6.07, 6.45) is 5.11. The summed E-state index contributed by atoms with van der Waals surface area (Å²) in [6, 6.07) is 0. The predicted molar refractivity (Wildman–Crippen MR) is 68.8 cm³/mol. The van der Waals surface area contributed by atoms with Gasteiger partial charge in [0.05, 0.1) is 13.2 Å². The Bertz CT molecular complexity index is 237. The van der Waals surface area contributed by atoms with Gasteiger partial charge in [-0.2, -0.15) is 0 Å². The number of unbranched alkanes of at least 4 members (excludes halogenated alkanes) is 3. The number of carbonyl (C=O) groups excluding carboxylic acids is 1. The van der Waals surface area contributed by atoms with E-state index in [-0.39, 0.29) is 5.78 Å². The van der Waals surface area contributed by atoms with Crippen molar-refractivity contribution in [2.45, 2.75) is 39.0 Å². The highest BCUT2D eigenvalue weighted by Gasteiger charge is 2.18. The molecule has 0 saturated carbocycles. The van der Waals surface area contributed by atoms with Crippen molar-refractivity contribution >= 4 is 23.0 Å². The van der Waals surface area contributed by atoms with E-state index < -0.39 is 0 Å². The van der Waals surface area contributed by atoms with Crippen LogP contribution in [0.5, 0.6) is 0 Å². The Morgan fingerprint density at radius 1 is 1.25 bits per heavy atom. The largest absolute Gasteiger partial charge is 0.378 e. The molecule has 0 aromatic carbocycles. The van der Waals surface area contributed by atoms with E-state index in [0.717, 1.165) is 25.9 Å². The second kappa shape index (κ2) is 7.74. The fraction of sp³-hybridized carbons (Fsp3) is 0.833. The van der Waals surface area contributed by atoms with Gasteiger partial charge >= 0.3 is 0 Å². The first kappa shape index (κ1) is 13.6. The molecule has 1 saturated heterocycles. The fourth-order valence-corrected chi connectivity index (χ4v) is 2.05. The van der Waals surface area contributed by atoms with Gasteiger partial charge in [-0.15, -0.1) is 0 Å². The summed E-state index contributed by atoms with van der Waals surface area (Å²) in [4.78, 5) is 14.3. The molecule has 92 valence electrons. The molecule has 0 N–H and O–H groups in total. The minimum Gasteiger partial charge on any atom is -0.378 e. The number of ether oxygens (including phenoxy) is 1. The third-order valence-electron chi connectivity index (χ3n) is 2.79. The molecule has 3 nitrogen and oxygen atoms in total. The van der Waals surface area contributed by atoms with Crippen LogP contribution in [0.3, 0.4) is 0 Å². The van der Waals surface area contributed by atoms with Gasteiger partial charge in [-0.25, -0.2) is 0 Å². The molecule has 0 amide bonds. The van der Waals surface area contributed by atoms with Gasteiger partial charge in [0.25, 0.3) is 0 Å². The van der Waals surface area contributed by atoms with Crippen molar-refractivity contribution in [3.05, 3.63) is 0 Å². The summed E-state index contributed by atoms with van der Waals surface area (Å²) >= 11 is 5.20. The SMILES string of the molecule is CCCCCCC(=O)C(=S)N1CCOCC1. The first-order chi connectivity index (χ1) is 7.75. The molecule has 1 heterocycles. The Morgan fingerprint density at radius 3 is 2.56 bits per heavy atom. The maximum atomic E-state index is 11.8. The van der Waals surface area contributed by atoms with Crippen molar-refractivity contribution in [1.29, 1.82) is 0 Å². The standard InChI is InChI=1S/C12H21NO2S/c1-2-3-4-5-6-11(14)12(16)13-7-9-15-10-8-13/h2-10H2,1H3. The zero-order chi connectivity index (χ0) is 11.8. The Hall–Kier alpha value is -0.480. The molecule has 0 spiro atoms. The highest BCUT2D eigenvalue weighted by molar-refractivity contribution is 7.82. The molecular weight excluding hydrogens is 222 g/mol. The molecule has 4 heteroatoms. The van der Waals surface area contributed by atoms with Crippen LogP contribution in [0.4, 0.5) is 0 Å². The third-order valence-corrected chi connectivity index (χ3v) is 3.28. The first-order valence-electron chi connectivity index (χ1n) is 6.15. The summed E-state index contributed by atoms with van der Waals surface area (Å²) < 4.78 is 5.23. The van der Waals surface area contributed by atoms with Crippen LogP contribution in [-0.2, 0) is 9.53 Å². The van der Waals surface area contributed by atoms with Crippen LogP contribution in [-0.4, -0.2) is 42.0 Å². The Balaban J connectivity index is 2.21. The van der Waals surface area contributed by atoms with E-state index in [9.17, 15) is 4.79 Å². The summed E-state index contributed by atoms with van der Waals surface area (Å²) in [5.41, 5.74) is 0. The molecule has 0 aliphatic carbocycles. The number of nitrogens with zero attached hydrogens (tertiary/aromatic N) is 1. The summed E-state index contributed by atoms with van der Waals surface area (Å²) in [5.74, 6) is 0.132. The lowest BCUT2D eigenvalue weighted by atomic mass is 10.1. The number of Topliss-reactive ketones (excluding diaryl/α,β-unsaturated/α-hetero) is 1. The van der Waals surface area contributed by atoms with Gasteiger partial charge in [-0.05, 0) is 6.42 Å². The van der Waals surface area contributed by atoms with Gasteiger partial charge in [0.1, 0.15) is 4.99 Å². The quantitative estimate of drug-likeness (QED) is 0.528. The minimum atomic E-state index is 0.132. The molecule has 1 aliphatic heterocycles. The number of ketones is 1. The molecule has 1 rings (SSSR count). The van der Waals surface area contributed by atoms with Gasteiger partial charge in [0.2, 0.25) is 0 Å². The lowest BCUT2D eigenvalue weighted by Gasteiger charge is -2.28. The van der Waals surface area contributed by atoms with Crippen LogP contribution in [0, 0.1) is 0 Å². The average molecular weight is 243 g/mol. The Morgan fingerprint density at radius 2 is 1.94 bits per heavy atom. The predicted octanol–water partition coefficient (Wildman–Crippen LogP) is 2.19. The normalized spacial score (nSPS) is 16.2. The Labute approximate surface area is 103 Å². The van der Waals surface area contributed by atoms with E-state index in [2.05, 4.69) is 6.92 Å². The summed E-state index contributed by atoms with van der Waals surface area (Å²) in [6.45, 7) is 5.06. The maximum absolute atomic E-state index is 11.8. The number of thiocarbonyl (C=S) groups is 1. The van der Waals surface area contributed by atoms with Crippen molar-refractivity contribution in [2.75, 3.05) is 26.3 Å². The van der Waals surface area contributed by atoms with Crippen molar-refractivity contribution in [3.63, 3.8) is 0 Å². The topological polar surface area (TPSA) is 29.5 Å². The monoisotopic (exact) mass is 243 g/mol. The van der Waals surface area contributed by atoms with Crippen LogP contribution in [0.25, 0.3) is 0 Å².